The van der Waals surface area contributed by atoms with Gasteiger partial charge in [-0.25, -0.2) is 5.10 Å². The zero-order valence-electron chi connectivity index (χ0n) is 6.63. The summed E-state index contributed by atoms with van der Waals surface area (Å²) in [5.41, 5.74) is 0. The second-order valence-corrected chi connectivity index (χ2v) is 2.55. The lowest BCUT2D eigenvalue weighted by atomic mass is 10.5. The molecule has 62 valence electrons. The minimum atomic E-state index is 0.553. The van der Waals surface area contributed by atoms with Crippen LogP contribution in [0.25, 0.3) is 0 Å². The maximum atomic E-state index is 4.97. The summed E-state index contributed by atoms with van der Waals surface area (Å²) in [6, 6.07) is 0.553. The van der Waals surface area contributed by atoms with Crippen molar-refractivity contribution in [3.05, 3.63) is 4.77 Å². The monoisotopic (exact) mass is 173 g/mol. The molecule has 1 rings (SSSR count). The molecule has 0 aliphatic rings. The van der Waals surface area contributed by atoms with E-state index in [-0.39, 0.29) is 0 Å². The van der Waals surface area contributed by atoms with Crippen molar-refractivity contribution in [3.63, 3.8) is 0 Å². The predicted octanol–water partition coefficient (Wildman–Crippen LogP) is 1.36. The van der Waals surface area contributed by atoms with Crippen molar-refractivity contribution in [1.29, 1.82) is 0 Å². The molecule has 5 heteroatoms. The Morgan fingerprint density at radius 2 is 2.45 bits per heavy atom. The van der Waals surface area contributed by atoms with Crippen LogP contribution in [0.15, 0.2) is 0 Å². The zero-order chi connectivity index (χ0) is 8.27. The van der Waals surface area contributed by atoms with Gasteiger partial charge in [0, 0.05) is 6.54 Å². The summed E-state index contributed by atoms with van der Waals surface area (Å²) >= 11 is 4.97. The second-order valence-electron chi connectivity index (χ2n) is 2.17. The lowest BCUT2D eigenvalue weighted by molar-refractivity contribution is 0.354. The first-order valence-electron chi connectivity index (χ1n) is 3.48. The van der Waals surface area contributed by atoms with E-state index in [1.165, 1.54) is 0 Å². The Balaban J connectivity index is 2.97. The predicted molar refractivity (Wildman–Crippen MR) is 44.3 cm³/mol. The third kappa shape index (κ3) is 1.59. The van der Waals surface area contributed by atoms with Crippen LogP contribution in [0.4, 0.5) is 0 Å². The van der Waals surface area contributed by atoms with E-state index in [1.54, 1.807) is 7.11 Å². The molecule has 1 N–H and O–H groups in total. The van der Waals surface area contributed by atoms with E-state index in [4.69, 9.17) is 17.0 Å². The largest absolute Gasteiger partial charge is 0.467 e. The van der Waals surface area contributed by atoms with Gasteiger partial charge in [0.05, 0.1) is 7.11 Å². The van der Waals surface area contributed by atoms with Crippen LogP contribution in [-0.4, -0.2) is 21.9 Å². The molecule has 0 aromatic carbocycles. The molecule has 11 heavy (non-hydrogen) atoms. The van der Waals surface area contributed by atoms with Crippen LogP contribution < -0.4 is 4.74 Å². The second kappa shape index (κ2) is 3.52. The summed E-state index contributed by atoms with van der Waals surface area (Å²) in [7, 11) is 1.58. The first-order chi connectivity index (χ1) is 5.29. The van der Waals surface area contributed by atoms with Gasteiger partial charge in [-0.1, -0.05) is 6.92 Å². The molecule has 1 aromatic heterocycles. The summed E-state index contributed by atoms with van der Waals surface area (Å²) in [6.07, 6.45) is 1.02. The molecule has 0 amide bonds. The van der Waals surface area contributed by atoms with Crippen molar-refractivity contribution in [2.75, 3.05) is 7.11 Å². The number of rotatable bonds is 3. The van der Waals surface area contributed by atoms with Crippen molar-refractivity contribution >= 4 is 12.2 Å². The SMILES string of the molecule is CCCn1c(OC)n[nH]c1=S. The van der Waals surface area contributed by atoms with E-state index < -0.39 is 0 Å². The fourth-order valence-corrected chi connectivity index (χ4v) is 1.09. The molecule has 0 spiro atoms. The minimum absolute atomic E-state index is 0.553. The number of ether oxygens (including phenoxy) is 1. The smallest absolute Gasteiger partial charge is 0.315 e. The fraction of sp³-hybridized carbons (Fsp3) is 0.667. The van der Waals surface area contributed by atoms with Gasteiger partial charge >= 0.3 is 6.01 Å². The average molecular weight is 173 g/mol. The normalized spacial score (nSPS) is 10.0. The Hall–Kier alpha value is -0.840. The molecule has 0 atom stereocenters. The highest BCUT2D eigenvalue weighted by molar-refractivity contribution is 7.71. The van der Waals surface area contributed by atoms with E-state index in [2.05, 4.69) is 17.1 Å². The van der Waals surface area contributed by atoms with Crippen molar-refractivity contribution in [3.8, 4) is 6.01 Å². The Kier molecular flexibility index (Phi) is 2.64. The average Bonchev–Trinajstić information content (AvgIpc) is 2.34. The number of hydrogen-bond acceptors (Lipinski definition) is 3. The molecular weight excluding hydrogens is 162 g/mol. The molecule has 0 aliphatic carbocycles. The molecule has 1 aromatic rings. The molecule has 0 fully saturated rings. The zero-order valence-corrected chi connectivity index (χ0v) is 7.44. The Morgan fingerprint density at radius 1 is 1.73 bits per heavy atom. The van der Waals surface area contributed by atoms with E-state index >= 15 is 0 Å². The number of H-pyrrole nitrogens is 1. The number of aromatic nitrogens is 3. The van der Waals surface area contributed by atoms with Crippen molar-refractivity contribution in [1.82, 2.24) is 14.8 Å². The molecule has 4 nitrogen and oxygen atoms in total. The molecule has 0 saturated heterocycles. The van der Waals surface area contributed by atoms with Crippen LogP contribution in [-0.2, 0) is 6.54 Å². The van der Waals surface area contributed by atoms with Crippen LogP contribution in [0.3, 0.4) is 0 Å². The third-order valence-electron chi connectivity index (χ3n) is 1.35. The summed E-state index contributed by atoms with van der Waals surface area (Å²) in [4.78, 5) is 0. The summed E-state index contributed by atoms with van der Waals surface area (Å²) in [5.74, 6) is 0. The highest BCUT2D eigenvalue weighted by Crippen LogP contribution is 2.06. The first kappa shape index (κ1) is 8.26. The summed E-state index contributed by atoms with van der Waals surface area (Å²) in [6.45, 7) is 2.92. The topological polar surface area (TPSA) is 42.8 Å². The van der Waals surface area contributed by atoms with Gasteiger partial charge in [0.15, 0.2) is 4.77 Å². The highest BCUT2D eigenvalue weighted by atomic mass is 32.1. The van der Waals surface area contributed by atoms with Gasteiger partial charge in [-0.15, -0.1) is 5.10 Å². The van der Waals surface area contributed by atoms with Gasteiger partial charge in [0.1, 0.15) is 0 Å². The van der Waals surface area contributed by atoms with Gasteiger partial charge in [0.25, 0.3) is 0 Å². The van der Waals surface area contributed by atoms with Crippen LogP contribution >= 0.6 is 12.2 Å². The van der Waals surface area contributed by atoms with E-state index in [0.717, 1.165) is 13.0 Å². The van der Waals surface area contributed by atoms with E-state index in [0.29, 0.717) is 10.8 Å². The molecule has 1 heterocycles. The van der Waals surface area contributed by atoms with E-state index in [9.17, 15) is 0 Å². The molecular formula is C6H11N3OS. The molecule has 0 aliphatic heterocycles. The van der Waals surface area contributed by atoms with Crippen LogP contribution in [0.1, 0.15) is 13.3 Å². The minimum Gasteiger partial charge on any atom is -0.467 e. The van der Waals surface area contributed by atoms with E-state index in [1.807, 2.05) is 4.57 Å². The molecule has 0 radical (unpaired) electrons. The lowest BCUT2D eigenvalue weighted by Crippen LogP contribution is -2.00. The fourth-order valence-electron chi connectivity index (χ4n) is 0.880. The number of hydrogen-bond donors (Lipinski definition) is 1. The molecule has 0 bridgehead atoms. The quantitative estimate of drug-likeness (QED) is 0.702. The van der Waals surface area contributed by atoms with Gasteiger partial charge < -0.3 is 4.74 Å². The van der Waals surface area contributed by atoms with Crippen molar-refractivity contribution in [2.24, 2.45) is 0 Å². The standard InChI is InChI=1S/C6H11N3OS/c1-3-4-9-5(10-2)7-8-6(9)11/h3-4H2,1-2H3,(H,8,11). The maximum Gasteiger partial charge on any atom is 0.315 e. The van der Waals surface area contributed by atoms with Crippen LogP contribution in [0, 0.1) is 4.77 Å². The van der Waals surface area contributed by atoms with Crippen LogP contribution in [0.2, 0.25) is 0 Å². The van der Waals surface area contributed by atoms with Crippen molar-refractivity contribution < 1.29 is 4.74 Å². The number of nitrogens with zero attached hydrogens (tertiary/aromatic N) is 2. The lowest BCUT2D eigenvalue weighted by Gasteiger charge is -2.01. The van der Waals surface area contributed by atoms with Gasteiger partial charge in [0.2, 0.25) is 0 Å². The first-order valence-corrected chi connectivity index (χ1v) is 3.89. The highest BCUT2D eigenvalue weighted by Gasteiger charge is 2.02. The number of nitrogens with one attached hydrogen (secondary N) is 1. The summed E-state index contributed by atoms with van der Waals surface area (Å²) < 4.78 is 7.42. The Morgan fingerprint density at radius 3 is 3.00 bits per heavy atom. The number of aromatic amines is 1. The third-order valence-corrected chi connectivity index (χ3v) is 1.66. The van der Waals surface area contributed by atoms with Gasteiger partial charge in [-0.3, -0.25) is 4.57 Å². The summed E-state index contributed by atoms with van der Waals surface area (Å²) in [5, 5.41) is 6.54. The molecule has 0 saturated carbocycles. The van der Waals surface area contributed by atoms with Crippen LogP contribution in [0.5, 0.6) is 6.01 Å². The Bertz CT molecular complexity index is 278. The maximum absolute atomic E-state index is 4.97. The Labute approximate surface area is 70.2 Å². The van der Waals surface area contributed by atoms with Gasteiger partial charge in [-0.2, -0.15) is 0 Å². The molecule has 0 unspecified atom stereocenters. The van der Waals surface area contributed by atoms with Gasteiger partial charge in [-0.05, 0) is 18.6 Å². The number of methoxy groups -OCH3 is 1. The van der Waals surface area contributed by atoms with Crippen molar-refractivity contribution in [2.45, 2.75) is 19.9 Å².